The molecule has 0 saturated carbocycles. The third kappa shape index (κ3) is 4.00. The highest BCUT2D eigenvalue weighted by Gasteiger charge is 2.43. The van der Waals surface area contributed by atoms with Crippen LogP contribution in [0.2, 0.25) is 0 Å². The minimum absolute atomic E-state index is 0.216. The van der Waals surface area contributed by atoms with Gasteiger partial charge in [0.15, 0.2) is 0 Å². The molecule has 0 radical (unpaired) electrons. The first-order valence-electron chi connectivity index (χ1n) is 7.25. The van der Waals surface area contributed by atoms with Gasteiger partial charge in [0.2, 0.25) is 5.91 Å². The number of carbonyl (C=O) groups is 1. The Kier molecular flexibility index (Phi) is 5.44. The first-order chi connectivity index (χ1) is 10.4. The average molecular weight is 313 g/mol. The molecule has 0 aliphatic carbocycles. The van der Waals surface area contributed by atoms with Crippen molar-refractivity contribution in [3.63, 3.8) is 0 Å². The number of alkyl halides is 2. The fourth-order valence-corrected chi connectivity index (χ4v) is 2.70. The summed E-state index contributed by atoms with van der Waals surface area (Å²) >= 11 is 0. The van der Waals surface area contributed by atoms with E-state index in [9.17, 15) is 13.6 Å². The van der Waals surface area contributed by atoms with E-state index in [4.69, 9.17) is 5.11 Å². The summed E-state index contributed by atoms with van der Waals surface area (Å²) in [6, 6.07) is 5.16. The predicted molar refractivity (Wildman–Crippen MR) is 80.0 cm³/mol. The molecule has 0 unspecified atom stereocenters. The lowest BCUT2D eigenvalue weighted by atomic mass is 9.98. The first kappa shape index (κ1) is 16.8. The monoisotopic (exact) mass is 313 g/mol. The molecule has 3 N–H and O–H groups in total. The molecule has 7 heteroatoms. The van der Waals surface area contributed by atoms with E-state index in [1.54, 1.807) is 29.2 Å². The van der Waals surface area contributed by atoms with E-state index in [1.807, 2.05) is 0 Å². The van der Waals surface area contributed by atoms with Crippen LogP contribution in [0.25, 0.3) is 0 Å². The molecule has 1 heterocycles. The van der Waals surface area contributed by atoms with Crippen molar-refractivity contribution in [2.24, 2.45) is 0 Å². The average Bonchev–Trinajstić information content (AvgIpc) is 2.49. The number of nitrogens with one attached hydrogen (secondary N) is 2. The van der Waals surface area contributed by atoms with E-state index in [1.165, 1.54) is 6.92 Å². The van der Waals surface area contributed by atoms with Crippen LogP contribution in [0.5, 0.6) is 0 Å². The smallest absolute Gasteiger partial charge is 0.289 e. The van der Waals surface area contributed by atoms with Gasteiger partial charge < -0.3 is 15.7 Å². The maximum Gasteiger partial charge on any atom is 0.289 e. The molecule has 2 rings (SSSR count). The number of piperazine rings is 1. The summed E-state index contributed by atoms with van der Waals surface area (Å²) in [5, 5.41) is 14.8. The number of carbonyl (C=O) groups excluding carboxylic acids is 1. The molecule has 1 amide bonds. The Morgan fingerprint density at radius 1 is 1.36 bits per heavy atom. The minimum Gasteiger partial charge on any atom is -0.390 e. The second kappa shape index (κ2) is 7.13. The largest absolute Gasteiger partial charge is 0.390 e. The Labute approximate surface area is 128 Å². The van der Waals surface area contributed by atoms with Crippen LogP contribution in [0.1, 0.15) is 18.5 Å². The lowest BCUT2D eigenvalue weighted by Gasteiger charge is -2.38. The van der Waals surface area contributed by atoms with Gasteiger partial charge in [-0.15, -0.1) is 0 Å². The van der Waals surface area contributed by atoms with Crippen LogP contribution in [0, 0.1) is 0 Å². The van der Waals surface area contributed by atoms with Crippen molar-refractivity contribution in [2.45, 2.75) is 18.9 Å². The van der Waals surface area contributed by atoms with Gasteiger partial charge in [0.1, 0.15) is 12.6 Å². The highest BCUT2D eigenvalue weighted by atomic mass is 19.3. The van der Waals surface area contributed by atoms with E-state index in [-0.39, 0.29) is 5.91 Å². The van der Waals surface area contributed by atoms with Gasteiger partial charge in [-0.2, -0.15) is 0 Å². The molecule has 22 heavy (non-hydrogen) atoms. The quantitative estimate of drug-likeness (QED) is 0.765. The number of amides is 1. The van der Waals surface area contributed by atoms with Crippen molar-refractivity contribution in [3.8, 4) is 0 Å². The number of hydrogen-bond donors (Lipinski definition) is 3. The molecule has 0 aromatic heterocycles. The van der Waals surface area contributed by atoms with Crippen LogP contribution in [0.15, 0.2) is 24.3 Å². The van der Waals surface area contributed by atoms with Gasteiger partial charge in [-0.1, -0.05) is 12.1 Å². The number of aliphatic hydroxyl groups excluding tert-OH is 1. The van der Waals surface area contributed by atoms with E-state index < -0.39 is 18.6 Å². The van der Waals surface area contributed by atoms with Crippen LogP contribution in [0.3, 0.4) is 0 Å². The molecule has 1 aromatic rings. The Balaban J connectivity index is 2.26. The molecule has 1 atom stereocenters. The van der Waals surface area contributed by atoms with Crippen LogP contribution in [0.4, 0.5) is 14.5 Å². The second-order valence-corrected chi connectivity index (χ2v) is 5.41. The normalized spacial score (nSPS) is 18.0. The molecular weight excluding hydrogens is 292 g/mol. The summed E-state index contributed by atoms with van der Waals surface area (Å²) in [4.78, 5) is 12.7. The minimum atomic E-state index is -3.23. The number of aliphatic hydroxyl groups is 1. The van der Waals surface area contributed by atoms with Gasteiger partial charge in [0, 0.05) is 38.8 Å². The van der Waals surface area contributed by atoms with Crippen molar-refractivity contribution >= 4 is 11.6 Å². The third-order valence-corrected chi connectivity index (χ3v) is 3.67. The highest BCUT2D eigenvalue weighted by Crippen LogP contribution is 2.36. The summed E-state index contributed by atoms with van der Waals surface area (Å²) in [5.74, 6) is -3.44. The zero-order valence-electron chi connectivity index (χ0n) is 12.5. The highest BCUT2D eigenvalue weighted by molar-refractivity contribution is 5.88. The Morgan fingerprint density at radius 3 is 2.45 bits per heavy atom. The summed E-state index contributed by atoms with van der Waals surface area (Å²) in [6.45, 7) is 2.46. The van der Waals surface area contributed by atoms with Gasteiger partial charge in [0.25, 0.3) is 5.92 Å². The fourth-order valence-electron chi connectivity index (χ4n) is 2.70. The van der Waals surface area contributed by atoms with Crippen LogP contribution in [-0.2, 0) is 4.79 Å². The molecule has 0 bridgehead atoms. The molecular formula is C15H21F2N3O2. The van der Waals surface area contributed by atoms with Crippen molar-refractivity contribution in [3.05, 3.63) is 29.8 Å². The number of benzene rings is 1. The zero-order valence-corrected chi connectivity index (χ0v) is 12.5. The molecule has 1 aromatic carbocycles. The number of rotatable bonds is 5. The van der Waals surface area contributed by atoms with Gasteiger partial charge in [-0.05, 0) is 17.7 Å². The third-order valence-electron chi connectivity index (χ3n) is 3.67. The van der Waals surface area contributed by atoms with Crippen molar-refractivity contribution < 1.29 is 18.7 Å². The first-order valence-corrected chi connectivity index (χ1v) is 7.25. The van der Waals surface area contributed by atoms with Crippen molar-refractivity contribution in [1.29, 1.82) is 0 Å². The van der Waals surface area contributed by atoms with Gasteiger partial charge >= 0.3 is 0 Å². The summed E-state index contributed by atoms with van der Waals surface area (Å²) < 4.78 is 28.4. The van der Waals surface area contributed by atoms with Crippen molar-refractivity contribution in [1.82, 2.24) is 10.2 Å². The maximum atomic E-state index is 14.2. The molecule has 122 valence electrons. The number of nitrogens with zero attached hydrogens (tertiary/aromatic N) is 1. The molecule has 0 spiro atoms. The molecule has 1 saturated heterocycles. The van der Waals surface area contributed by atoms with Gasteiger partial charge in [0.05, 0.1) is 0 Å². The zero-order chi connectivity index (χ0) is 16.2. The standard InChI is InChI=1S/C15H21F2N3O2/c1-11(22)19-13-4-2-12(3-5-13)14(15(16,17)10-21)20-8-6-18-7-9-20/h2-5,14,18,21H,6-10H2,1H3,(H,19,22)/t14-/m0/s1. The lowest BCUT2D eigenvalue weighted by molar-refractivity contribution is -0.118. The molecule has 1 aliphatic rings. The molecule has 5 nitrogen and oxygen atoms in total. The fraction of sp³-hybridized carbons (Fsp3) is 0.533. The number of hydrogen-bond acceptors (Lipinski definition) is 4. The summed E-state index contributed by atoms with van der Waals surface area (Å²) in [6.07, 6.45) is 0. The summed E-state index contributed by atoms with van der Waals surface area (Å²) in [5.41, 5.74) is 0.984. The van der Waals surface area contributed by atoms with E-state index in [0.29, 0.717) is 37.4 Å². The maximum absolute atomic E-state index is 14.2. The second-order valence-electron chi connectivity index (χ2n) is 5.41. The summed E-state index contributed by atoms with van der Waals surface area (Å²) in [7, 11) is 0. The van der Waals surface area contributed by atoms with Crippen molar-refractivity contribution in [2.75, 3.05) is 38.1 Å². The van der Waals surface area contributed by atoms with Gasteiger partial charge in [-0.25, -0.2) is 8.78 Å². The van der Waals surface area contributed by atoms with Crippen LogP contribution >= 0.6 is 0 Å². The Bertz CT molecular complexity index is 502. The predicted octanol–water partition coefficient (Wildman–Crippen LogP) is 1.22. The Morgan fingerprint density at radius 2 is 1.95 bits per heavy atom. The van der Waals surface area contributed by atoms with Crippen LogP contribution in [-0.4, -0.2) is 54.6 Å². The topological polar surface area (TPSA) is 64.6 Å². The lowest BCUT2D eigenvalue weighted by Crippen LogP contribution is -2.51. The number of anilines is 1. The number of halogens is 2. The molecule has 1 fully saturated rings. The van der Waals surface area contributed by atoms with Gasteiger partial charge in [-0.3, -0.25) is 9.69 Å². The SMILES string of the molecule is CC(=O)Nc1ccc([C@H](N2CCNCC2)C(F)(F)CO)cc1. The van der Waals surface area contributed by atoms with Crippen LogP contribution < -0.4 is 10.6 Å². The Hall–Kier alpha value is -1.57. The van der Waals surface area contributed by atoms with E-state index >= 15 is 0 Å². The van der Waals surface area contributed by atoms with E-state index in [2.05, 4.69) is 10.6 Å². The van der Waals surface area contributed by atoms with E-state index in [0.717, 1.165) is 0 Å². The molecule has 1 aliphatic heterocycles.